The highest BCUT2D eigenvalue weighted by atomic mass is 19.1. The minimum Gasteiger partial charge on any atom is -0.308 e. The van der Waals surface area contributed by atoms with E-state index in [0.29, 0.717) is 0 Å². The van der Waals surface area contributed by atoms with Gasteiger partial charge in [-0.3, -0.25) is 4.98 Å². The molecule has 2 aromatic rings. The summed E-state index contributed by atoms with van der Waals surface area (Å²) in [5.74, 6) is -0.308. The summed E-state index contributed by atoms with van der Waals surface area (Å²) in [5, 5.41) is 3.22. The third-order valence-corrected chi connectivity index (χ3v) is 3.19. The quantitative estimate of drug-likeness (QED) is 0.888. The Morgan fingerprint density at radius 2 is 1.89 bits per heavy atom. The van der Waals surface area contributed by atoms with E-state index in [2.05, 4.69) is 41.5 Å². The van der Waals surface area contributed by atoms with Crippen LogP contribution in [0.15, 0.2) is 42.6 Å². The lowest BCUT2D eigenvalue weighted by Crippen LogP contribution is -2.18. The first-order valence-electron chi connectivity index (χ1n) is 6.62. The Balaban J connectivity index is 2.23. The molecule has 0 aliphatic rings. The summed E-state index contributed by atoms with van der Waals surface area (Å²) in [5.41, 5.74) is 3.31. The van der Waals surface area contributed by atoms with Crippen LogP contribution in [-0.2, 0) is 6.42 Å². The summed E-state index contributed by atoms with van der Waals surface area (Å²) in [6, 6.07) is 11.7. The molecule has 0 spiro atoms. The van der Waals surface area contributed by atoms with Crippen LogP contribution in [0.1, 0.15) is 36.2 Å². The van der Waals surface area contributed by atoms with Gasteiger partial charge in [-0.2, -0.15) is 0 Å². The highest BCUT2D eigenvalue weighted by molar-refractivity contribution is 5.30. The molecule has 1 atom stereocenters. The molecule has 100 valence electrons. The molecule has 0 bridgehead atoms. The van der Waals surface area contributed by atoms with Crippen molar-refractivity contribution in [3.8, 4) is 0 Å². The monoisotopic (exact) mass is 258 g/mol. The molecule has 0 fully saturated rings. The number of rotatable bonds is 5. The van der Waals surface area contributed by atoms with Crippen LogP contribution in [0.2, 0.25) is 0 Å². The summed E-state index contributed by atoms with van der Waals surface area (Å²) < 4.78 is 12.9. The second-order valence-electron chi connectivity index (χ2n) is 4.61. The van der Waals surface area contributed by atoms with Crippen LogP contribution < -0.4 is 5.32 Å². The van der Waals surface area contributed by atoms with Crippen LogP contribution in [0.4, 0.5) is 4.39 Å². The van der Waals surface area contributed by atoms with Crippen LogP contribution in [-0.4, -0.2) is 12.0 Å². The van der Waals surface area contributed by atoms with Crippen LogP contribution in [0.25, 0.3) is 0 Å². The van der Waals surface area contributed by atoms with E-state index in [1.165, 1.54) is 17.8 Å². The van der Waals surface area contributed by atoms with Gasteiger partial charge in [0.2, 0.25) is 0 Å². The Morgan fingerprint density at radius 1 is 1.16 bits per heavy atom. The van der Waals surface area contributed by atoms with Crippen molar-refractivity contribution in [2.24, 2.45) is 0 Å². The predicted molar refractivity (Wildman–Crippen MR) is 75.5 cm³/mol. The standard InChI is InChI=1S/C16H19FN2/c1-3-4-12-5-7-13(8-6-12)16(18-2)15-10-9-14(17)11-19-15/h5-11,16,18H,3-4H2,1-2H3. The first kappa shape index (κ1) is 13.7. The number of hydrogen-bond donors (Lipinski definition) is 1. The summed E-state index contributed by atoms with van der Waals surface area (Å²) in [6.45, 7) is 2.17. The lowest BCUT2D eigenvalue weighted by atomic mass is 10.0. The highest BCUT2D eigenvalue weighted by Crippen LogP contribution is 2.20. The molecule has 2 nitrogen and oxygen atoms in total. The highest BCUT2D eigenvalue weighted by Gasteiger charge is 2.13. The average Bonchev–Trinajstić information content (AvgIpc) is 2.44. The third kappa shape index (κ3) is 3.38. The fraction of sp³-hybridized carbons (Fsp3) is 0.312. The van der Waals surface area contributed by atoms with Crippen molar-refractivity contribution in [1.82, 2.24) is 10.3 Å². The third-order valence-electron chi connectivity index (χ3n) is 3.19. The molecule has 2 rings (SSSR count). The molecule has 1 unspecified atom stereocenters. The van der Waals surface area contributed by atoms with Gasteiger partial charge in [-0.25, -0.2) is 4.39 Å². The Kier molecular flexibility index (Phi) is 4.63. The van der Waals surface area contributed by atoms with Crippen LogP contribution >= 0.6 is 0 Å². The number of benzene rings is 1. The zero-order chi connectivity index (χ0) is 13.7. The average molecular weight is 258 g/mol. The Hall–Kier alpha value is -1.74. The van der Waals surface area contributed by atoms with Crippen LogP contribution in [0, 0.1) is 5.82 Å². The van der Waals surface area contributed by atoms with Crippen molar-refractivity contribution in [3.05, 3.63) is 65.2 Å². The summed E-state index contributed by atoms with van der Waals surface area (Å²) >= 11 is 0. The Bertz CT molecular complexity index is 505. The van der Waals surface area contributed by atoms with Gasteiger partial charge >= 0.3 is 0 Å². The number of aromatic nitrogens is 1. The fourth-order valence-electron chi connectivity index (χ4n) is 2.21. The zero-order valence-electron chi connectivity index (χ0n) is 11.4. The molecular weight excluding hydrogens is 239 g/mol. The van der Waals surface area contributed by atoms with Crippen molar-refractivity contribution in [1.29, 1.82) is 0 Å². The first-order valence-corrected chi connectivity index (χ1v) is 6.62. The van der Waals surface area contributed by atoms with Crippen molar-refractivity contribution in [2.75, 3.05) is 7.05 Å². The lowest BCUT2D eigenvalue weighted by molar-refractivity contribution is 0.610. The number of nitrogens with zero attached hydrogens (tertiary/aromatic N) is 1. The van der Waals surface area contributed by atoms with Gasteiger partial charge in [0, 0.05) is 0 Å². The van der Waals surface area contributed by atoms with Gasteiger partial charge in [-0.15, -0.1) is 0 Å². The maximum atomic E-state index is 12.9. The van der Waals surface area contributed by atoms with Gasteiger partial charge in [-0.05, 0) is 36.7 Å². The van der Waals surface area contributed by atoms with Gasteiger partial charge in [-0.1, -0.05) is 37.6 Å². The smallest absolute Gasteiger partial charge is 0.141 e. The van der Waals surface area contributed by atoms with Gasteiger partial charge < -0.3 is 5.32 Å². The first-order chi connectivity index (χ1) is 9.24. The van der Waals surface area contributed by atoms with Gasteiger partial charge in [0.05, 0.1) is 17.9 Å². The zero-order valence-corrected chi connectivity index (χ0v) is 11.4. The molecule has 0 saturated carbocycles. The number of pyridine rings is 1. The molecule has 19 heavy (non-hydrogen) atoms. The Morgan fingerprint density at radius 3 is 2.42 bits per heavy atom. The lowest BCUT2D eigenvalue weighted by Gasteiger charge is -2.16. The van der Waals surface area contributed by atoms with E-state index in [1.807, 2.05) is 7.05 Å². The van der Waals surface area contributed by atoms with Crippen molar-refractivity contribution < 1.29 is 4.39 Å². The van der Waals surface area contributed by atoms with Crippen LogP contribution in [0.3, 0.4) is 0 Å². The molecular formula is C16H19FN2. The van der Waals surface area contributed by atoms with Crippen LogP contribution in [0.5, 0.6) is 0 Å². The minimum absolute atomic E-state index is 0.00345. The van der Waals surface area contributed by atoms with E-state index < -0.39 is 0 Å². The van der Waals surface area contributed by atoms with E-state index in [1.54, 1.807) is 6.07 Å². The molecule has 0 saturated heterocycles. The number of halogens is 1. The molecule has 3 heteroatoms. The number of nitrogens with one attached hydrogen (secondary N) is 1. The van der Waals surface area contributed by atoms with E-state index in [-0.39, 0.29) is 11.9 Å². The molecule has 0 aliphatic heterocycles. The van der Waals surface area contributed by atoms with Gasteiger partial charge in [0.1, 0.15) is 5.82 Å². The van der Waals surface area contributed by atoms with E-state index >= 15 is 0 Å². The van der Waals surface area contributed by atoms with E-state index in [9.17, 15) is 4.39 Å². The summed E-state index contributed by atoms with van der Waals surface area (Å²) in [4.78, 5) is 4.15. The van der Waals surface area contributed by atoms with Crippen molar-refractivity contribution in [2.45, 2.75) is 25.8 Å². The molecule has 1 N–H and O–H groups in total. The van der Waals surface area contributed by atoms with Gasteiger partial charge in [0.25, 0.3) is 0 Å². The second kappa shape index (κ2) is 6.43. The van der Waals surface area contributed by atoms with E-state index in [4.69, 9.17) is 0 Å². The van der Waals surface area contributed by atoms with Crippen molar-refractivity contribution >= 4 is 0 Å². The maximum absolute atomic E-state index is 12.9. The summed E-state index contributed by atoms with van der Waals surface area (Å²) in [7, 11) is 1.88. The topological polar surface area (TPSA) is 24.9 Å². The second-order valence-corrected chi connectivity index (χ2v) is 4.61. The summed E-state index contributed by atoms with van der Waals surface area (Å²) in [6.07, 6.45) is 3.50. The molecule has 1 aromatic heterocycles. The van der Waals surface area contributed by atoms with E-state index in [0.717, 1.165) is 24.1 Å². The van der Waals surface area contributed by atoms with Gasteiger partial charge in [0.15, 0.2) is 0 Å². The van der Waals surface area contributed by atoms with Crippen molar-refractivity contribution in [3.63, 3.8) is 0 Å². The minimum atomic E-state index is -0.308. The largest absolute Gasteiger partial charge is 0.308 e. The molecule has 1 heterocycles. The maximum Gasteiger partial charge on any atom is 0.141 e. The SMILES string of the molecule is CCCc1ccc(C(NC)c2ccc(F)cn2)cc1. The normalized spacial score (nSPS) is 12.4. The molecule has 0 radical (unpaired) electrons. The Labute approximate surface area is 113 Å². The fourth-order valence-corrected chi connectivity index (χ4v) is 2.21. The predicted octanol–water partition coefficient (Wildman–Crippen LogP) is 3.48. The number of aryl methyl sites for hydroxylation is 1. The number of hydrogen-bond acceptors (Lipinski definition) is 2. The molecule has 1 aromatic carbocycles. The molecule has 0 amide bonds. The molecule has 0 aliphatic carbocycles.